The van der Waals surface area contributed by atoms with Crippen LogP contribution < -0.4 is 5.32 Å². The molecule has 0 spiro atoms. The van der Waals surface area contributed by atoms with Gasteiger partial charge in [-0.3, -0.25) is 0 Å². The van der Waals surface area contributed by atoms with E-state index in [1.54, 1.807) is 0 Å². The number of benzene rings is 1. The standard InChI is InChI=1S/C13H14N4/c1-2-5-10-9(4-1)8-11(14-10)13-16-15-12-6-3-7-17(12)13/h1-2,4-5,11,14H,3,6-8H2. The van der Waals surface area contributed by atoms with Crippen LogP contribution in [0.25, 0.3) is 0 Å². The van der Waals surface area contributed by atoms with Gasteiger partial charge in [0.25, 0.3) is 0 Å². The summed E-state index contributed by atoms with van der Waals surface area (Å²) < 4.78 is 2.28. The minimum atomic E-state index is 0.298. The van der Waals surface area contributed by atoms with Crippen LogP contribution in [0.1, 0.15) is 29.7 Å². The lowest BCUT2D eigenvalue weighted by atomic mass is 10.1. The molecule has 0 radical (unpaired) electrons. The van der Waals surface area contributed by atoms with Gasteiger partial charge in [0.05, 0.1) is 6.04 Å². The van der Waals surface area contributed by atoms with Gasteiger partial charge in [-0.2, -0.15) is 0 Å². The van der Waals surface area contributed by atoms with Crippen LogP contribution in [0, 0.1) is 0 Å². The fourth-order valence-electron chi connectivity index (χ4n) is 2.88. The van der Waals surface area contributed by atoms with Crippen molar-refractivity contribution in [2.24, 2.45) is 0 Å². The Balaban J connectivity index is 1.70. The van der Waals surface area contributed by atoms with Crippen molar-refractivity contribution in [2.45, 2.75) is 31.8 Å². The van der Waals surface area contributed by atoms with Gasteiger partial charge < -0.3 is 9.88 Å². The van der Waals surface area contributed by atoms with Crippen molar-refractivity contribution in [1.82, 2.24) is 14.8 Å². The number of nitrogens with one attached hydrogen (secondary N) is 1. The third-order valence-corrected chi connectivity index (χ3v) is 3.72. The maximum absolute atomic E-state index is 4.35. The van der Waals surface area contributed by atoms with E-state index in [1.165, 1.54) is 17.7 Å². The monoisotopic (exact) mass is 226 g/mol. The zero-order valence-corrected chi connectivity index (χ0v) is 9.56. The van der Waals surface area contributed by atoms with E-state index in [2.05, 4.69) is 44.3 Å². The van der Waals surface area contributed by atoms with Crippen molar-refractivity contribution in [3.8, 4) is 0 Å². The van der Waals surface area contributed by atoms with Crippen LogP contribution >= 0.6 is 0 Å². The second kappa shape index (κ2) is 3.32. The molecular weight excluding hydrogens is 212 g/mol. The molecule has 17 heavy (non-hydrogen) atoms. The van der Waals surface area contributed by atoms with Crippen LogP contribution in [0.4, 0.5) is 5.69 Å². The Bertz CT molecular complexity index is 548. The number of nitrogens with zero attached hydrogens (tertiary/aromatic N) is 3. The van der Waals surface area contributed by atoms with Crippen LogP contribution in [0.3, 0.4) is 0 Å². The summed E-state index contributed by atoms with van der Waals surface area (Å²) in [6, 6.07) is 8.78. The number of anilines is 1. The highest BCUT2D eigenvalue weighted by molar-refractivity contribution is 5.57. The van der Waals surface area contributed by atoms with E-state index in [0.29, 0.717) is 6.04 Å². The van der Waals surface area contributed by atoms with E-state index in [4.69, 9.17) is 0 Å². The van der Waals surface area contributed by atoms with Crippen molar-refractivity contribution < 1.29 is 0 Å². The summed E-state index contributed by atoms with van der Waals surface area (Å²) in [6.07, 6.45) is 3.30. The summed E-state index contributed by atoms with van der Waals surface area (Å²) in [5, 5.41) is 12.2. The maximum atomic E-state index is 4.35. The third-order valence-electron chi connectivity index (χ3n) is 3.72. The van der Waals surface area contributed by atoms with E-state index in [1.807, 2.05) is 0 Å². The topological polar surface area (TPSA) is 42.7 Å². The van der Waals surface area contributed by atoms with Crippen LogP contribution in [-0.4, -0.2) is 14.8 Å². The Hall–Kier alpha value is -1.84. The minimum Gasteiger partial charge on any atom is -0.375 e. The number of hydrogen-bond acceptors (Lipinski definition) is 3. The van der Waals surface area contributed by atoms with Gasteiger partial charge in [0.15, 0.2) is 5.82 Å². The van der Waals surface area contributed by atoms with Gasteiger partial charge in [0.1, 0.15) is 5.82 Å². The first-order valence-electron chi connectivity index (χ1n) is 6.18. The highest BCUT2D eigenvalue weighted by atomic mass is 15.3. The number of fused-ring (bicyclic) bond motifs is 2. The molecule has 2 aliphatic rings. The largest absolute Gasteiger partial charge is 0.375 e. The third kappa shape index (κ3) is 1.30. The lowest BCUT2D eigenvalue weighted by molar-refractivity contribution is 0.637. The normalized spacial score (nSPS) is 21.1. The van der Waals surface area contributed by atoms with Crippen LogP contribution in [0.15, 0.2) is 24.3 Å². The Kier molecular flexibility index (Phi) is 1.80. The highest BCUT2D eigenvalue weighted by Crippen LogP contribution is 2.34. The second-order valence-electron chi connectivity index (χ2n) is 4.79. The van der Waals surface area contributed by atoms with E-state index in [0.717, 1.165) is 31.0 Å². The number of aromatic nitrogens is 3. The summed E-state index contributed by atoms with van der Waals surface area (Å²) in [5.41, 5.74) is 2.63. The average molecular weight is 226 g/mol. The van der Waals surface area contributed by atoms with Crippen molar-refractivity contribution in [3.05, 3.63) is 41.5 Å². The van der Waals surface area contributed by atoms with Crippen molar-refractivity contribution in [3.63, 3.8) is 0 Å². The fraction of sp³-hybridized carbons (Fsp3) is 0.385. The summed E-state index contributed by atoms with van der Waals surface area (Å²) in [5.74, 6) is 2.26. The molecule has 0 fully saturated rings. The number of para-hydroxylation sites is 1. The van der Waals surface area contributed by atoms with Crippen molar-refractivity contribution >= 4 is 5.69 Å². The molecule has 1 atom stereocenters. The van der Waals surface area contributed by atoms with Gasteiger partial charge >= 0.3 is 0 Å². The minimum absolute atomic E-state index is 0.298. The number of rotatable bonds is 1. The second-order valence-corrected chi connectivity index (χ2v) is 4.79. The quantitative estimate of drug-likeness (QED) is 0.808. The SMILES string of the molecule is c1ccc2c(c1)CC(c1nnc3n1CCC3)N2. The van der Waals surface area contributed by atoms with Gasteiger partial charge in [0.2, 0.25) is 0 Å². The van der Waals surface area contributed by atoms with Gasteiger partial charge in [-0.25, -0.2) is 0 Å². The lowest BCUT2D eigenvalue weighted by Gasteiger charge is -2.11. The number of aryl methyl sites for hydroxylation is 1. The first kappa shape index (κ1) is 9.22. The molecule has 4 heteroatoms. The molecule has 2 aliphatic heterocycles. The Morgan fingerprint density at radius 2 is 2.18 bits per heavy atom. The smallest absolute Gasteiger partial charge is 0.155 e. The first-order valence-corrected chi connectivity index (χ1v) is 6.18. The molecule has 1 unspecified atom stereocenters. The van der Waals surface area contributed by atoms with E-state index < -0.39 is 0 Å². The van der Waals surface area contributed by atoms with Gasteiger partial charge in [-0.05, 0) is 18.1 Å². The predicted molar refractivity (Wildman–Crippen MR) is 64.9 cm³/mol. The molecule has 0 saturated carbocycles. The predicted octanol–water partition coefficient (Wildman–Crippen LogP) is 1.93. The van der Waals surface area contributed by atoms with Crippen LogP contribution in [-0.2, 0) is 19.4 Å². The van der Waals surface area contributed by atoms with Crippen molar-refractivity contribution in [2.75, 3.05) is 5.32 Å². The molecule has 1 aromatic heterocycles. The first-order chi connectivity index (χ1) is 8.42. The van der Waals surface area contributed by atoms with Crippen LogP contribution in [0.2, 0.25) is 0 Å². The molecule has 4 nitrogen and oxygen atoms in total. The fourth-order valence-corrected chi connectivity index (χ4v) is 2.88. The van der Waals surface area contributed by atoms with Gasteiger partial charge in [0, 0.05) is 25.1 Å². The Morgan fingerprint density at radius 3 is 3.12 bits per heavy atom. The Morgan fingerprint density at radius 1 is 1.24 bits per heavy atom. The van der Waals surface area contributed by atoms with E-state index >= 15 is 0 Å². The highest BCUT2D eigenvalue weighted by Gasteiger charge is 2.28. The molecular formula is C13H14N4. The molecule has 4 rings (SSSR count). The molecule has 0 saturated heterocycles. The number of hydrogen-bond donors (Lipinski definition) is 1. The summed E-state index contributed by atoms with van der Waals surface area (Å²) in [7, 11) is 0. The molecule has 3 heterocycles. The van der Waals surface area contributed by atoms with Crippen LogP contribution in [0.5, 0.6) is 0 Å². The zero-order valence-electron chi connectivity index (χ0n) is 9.56. The zero-order chi connectivity index (χ0) is 11.2. The van der Waals surface area contributed by atoms with Crippen molar-refractivity contribution in [1.29, 1.82) is 0 Å². The molecule has 0 amide bonds. The molecule has 0 aliphatic carbocycles. The van der Waals surface area contributed by atoms with E-state index in [-0.39, 0.29) is 0 Å². The average Bonchev–Trinajstić information content (AvgIpc) is 3.02. The maximum Gasteiger partial charge on any atom is 0.155 e. The molecule has 0 bridgehead atoms. The summed E-state index contributed by atoms with van der Waals surface area (Å²) in [4.78, 5) is 0. The molecule has 1 aromatic carbocycles. The molecule has 1 N–H and O–H groups in total. The summed E-state index contributed by atoms with van der Waals surface area (Å²) >= 11 is 0. The summed E-state index contributed by atoms with van der Waals surface area (Å²) in [6.45, 7) is 1.08. The molecule has 2 aromatic rings. The Labute approximate surface area is 99.7 Å². The lowest BCUT2D eigenvalue weighted by Crippen LogP contribution is -2.13. The van der Waals surface area contributed by atoms with E-state index in [9.17, 15) is 0 Å². The molecule has 86 valence electrons. The van der Waals surface area contributed by atoms with Gasteiger partial charge in [-0.1, -0.05) is 18.2 Å². The van der Waals surface area contributed by atoms with Gasteiger partial charge in [-0.15, -0.1) is 10.2 Å².